The largest absolute Gasteiger partial charge is 0.357 e. The number of amides is 1. The number of rotatable bonds is 7. The lowest BCUT2D eigenvalue weighted by Gasteiger charge is -2.34. The number of aromatic nitrogens is 2. The minimum Gasteiger partial charge on any atom is -0.357 e. The summed E-state index contributed by atoms with van der Waals surface area (Å²) < 4.78 is 0.868. The molecule has 0 bridgehead atoms. The number of carbonyl (C=O) groups excluding carboxylic acids is 1. The van der Waals surface area contributed by atoms with Gasteiger partial charge in [0.15, 0.2) is 4.34 Å². The summed E-state index contributed by atoms with van der Waals surface area (Å²) in [6, 6.07) is 4.85. The summed E-state index contributed by atoms with van der Waals surface area (Å²) in [6.07, 6.45) is 2.44. The van der Waals surface area contributed by atoms with Gasteiger partial charge in [-0.3, -0.25) is 9.69 Å². The average molecular weight is 396 g/mol. The Morgan fingerprint density at radius 1 is 1.28 bits per heavy atom. The third-order valence-electron chi connectivity index (χ3n) is 4.32. The van der Waals surface area contributed by atoms with Crippen LogP contribution in [0.25, 0.3) is 0 Å². The molecule has 0 spiro atoms. The lowest BCUT2D eigenvalue weighted by atomic mass is 10.3. The van der Waals surface area contributed by atoms with Gasteiger partial charge in [0.05, 0.1) is 5.75 Å². The summed E-state index contributed by atoms with van der Waals surface area (Å²) in [7, 11) is 0. The molecule has 0 aromatic carbocycles. The van der Waals surface area contributed by atoms with Crippen molar-refractivity contribution in [3.05, 3.63) is 22.4 Å². The second-order valence-electron chi connectivity index (χ2n) is 6.32. The van der Waals surface area contributed by atoms with E-state index in [-0.39, 0.29) is 5.91 Å². The van der Waals surface area contributed by atoms with E-state index >= 15 is 0 Å². The normalized spacial score (nSPS) is 18.5. The monoisotopic (exact) mass is 395 g/mol. The molecule has 1 amide bonds. The van der Waals surface area contributed by atoms with Crippen molar-refractivity contribution in [1.82, 2.24) is 20.0 Å². The molecule has 1 saturated heterocycles. The van der Waals surface area contributed by atoms with E-state index in [1.54, 1.807) is 22.7 Å². The molecule has 6 nitrogen and oxygen atoms in total. The molecule has 25 heavy (non-hydrogen) atoms. The molecule has 1 saturated carbocycles. The summed E-state index contributed by atoms with van der Waals surface area (Å²) in [6.45, 7) is 4.52. The molecule has 2 aromatic rings. The minimum absolute atomic E-state index is 0.202. The zero-order chi connectivity index (χ0) is 17.1. The molecule has 1 N–H and O–H groups in total. The van der Waals surface area contributed by atoms with Gasteiger partial charge in [-0.05, 0) is 24.3 Å². The molecule has 0 unspecified atom stereocenters. The van der Waals surface area contributed by atoms with Crippen molar-refractivity contribution in [1.29, 1.82) is 0 Å². The highest BCUT2D eigenvalue weighted by Crippen LogP contribution is 2.30. The molecule has 0 atom stereocenters. The predicted molar refractivity (Wildman–Crippen MR) is 103 cm³/mol. The van der Waals surface area contributed by atoms with E-state index in [4.69, 9.17) is 0 Å². The molecule has 1 aliphatic carbocycles. The number of nitrogens with one attached hydrogen (secondary N) is 1. The Morgan fingerprint density at radius 3 is 2.84 bits per heavy atom. The van der Waals surface area contributed by atoms with Crippen LogP contribution in [-0.4, -0.2) is 63.9 Å². The number of anilines is 1. The molecule has 9 heteroatoms. The third-order valence-corrected chi connectivity index (χ3v) is 7.15. The second-order valence-corrected chi connectivity index (χ2v) is 9.55. The number of nitrogens with zero attached hydrogens (tertiary/aromatic N) is 4. The van der Waals surface area contributed by atoms with E-state index in [0.29, 0.717) is 11.8 Å². The van der Waals surface area contributed by atoms with Crippen molar-refractivity contribution in [2.75, 3.05) is 37.2 Å². The van der Waals surface area contributed by atoms with E-state index in [0.717, 1.165) is 42.2 Å². The summed E-state index contributed by atoms with van der Waals surface area (Å²) in [5.74, 6) is 0.649. The van der Waals surface area contributed by atoms with Gasteiger partial charge in [0.1, 0.15) is 0 Å². The van der Waals surface area contributed by atoms with Crippen LogP contribution >= 0.6 is 34.4 Å². The quantitative estimate of drug-likeness (QED) is 0.727. The Bertz CT molecular complexity index is 692. The van der Waals surface area contributed by atoms with Gasteiger partial charge in [0.2, 0.25) is 11.0 Å². The van der Waals surface area contributed by atoms with Crippen LogP contribution in [0.4, 0.5) is 5.13 Å². The van der Waals surface area contributed by atoms with Crippen LogP contribution in [0.15, 0.2) is 21.9 Å². The first-order valence-corrected chi connectivity index (χ1v) is 11.2. The van der Waals surface area contributed by atoms with Crippen LogP contribution in [0.1, 0.15) is 17.7 Å². The number of thioether (sulfide) groups is 1. The van der Waals surface area contributed by atoms with Crippen molar-refractivity contribution >= 4 is 45.5 Å². The summed E-state index contributed by atoms with van der Waals surface area (Å²) in [5, 5.41) is 14.6. The molecule has 2 fully saturated rings. The van der Waals surface area contributed by atoms with Gasteiger partial charge < -0.3 is 10.2 Å². The van der Waals surface area contributed by atoms with E-state index < -0.39 is 0 Å². The lowest BCUT2D eigenvalue weighted by molar-refractivity contribution is -0.130. The molecule has 2 aromatic heterocycles. The lowest BCUT2D eigenvalue weighted by Crippen LogP contribution is -2.48. The molecule has 2 aliphatic rings. The van der Waals surface area contributed by atoms with Crippen LogP contribution in [0.5, 0.6) is 0 Å². The number of hydrogen-bond acceptors (Lipinski definition) is 8. The van der Waals surface area contributed by atoms with E-state index in [2.05, 4.69) is 37.9 Å². The fourth-order valence-electron chi connectivity index (χ4n) is 2.72. The first-order valence-electron chi connectivity index (χ1n) is 8.51. The zero-order valence-corrected chi connectivity index (χ0v) is 16.3. The highest BCUT2D eigenvalue weighted by atomic mass is 32.2. The summed E-state index contributed by atoms with van der Waals surface area (Å²) >= 11 is 4.84. The number of hydrogen-bond donors (Lipinski definition) is 1. The van der Waals surface area contributed by atoms with Crippen LogP contribution in [-0.2, 0) is 11.3 Å². The Kier molecular flexibility index (Phi) is 5.54. The molecule has 4 rings (SSSR count). The van der Waals surface area contributed by atoms with Crippen LogP contribution in [0.2, 0.25) is 0 Å². The third kappa shape index (κ3) is 4.93. The maximum absolute atomic E-state index is 12.4. The van der Waals surface area contributed by atoms with Gasteiger partial charge >= 0.3 is 0 Å². The number of carbonyl (C=O) groups is 1. The maximum atomic E-state index is 12.4. The molecular weight excluding hydrogens is 374 g/mol. The molecule has 134 valence electrons. The van der Waals surface area contributed by atoms with Gasteiger partial charge in [-0.15, -0.1) is 21.5 Å². The second kappa shape index (κ2) is 8.03. The van der Waals surface area contributed by atoms with Crippen LogP contribution in [0, 0.1) is 0 Å². The highest BCUT2D eigenvalue weighted by Gasteiger charge is 2.24. The van der Waals surface area contributed by atoms with Crippen LogP contribution < -0.4 is 5.32 Å². The predicted octanol–water partition coefficient (Wildman–Crippen LogP) is 2.61. The van der Waals surface area contributed by atoms with Gasteiger partial charge in [0.25, 0.3) is 0 Å². The fraction of sp³-hybridized carbons (Fsp3) is 0.562. The maximum Gasteiger partial charge on any atom is 0.233 e. The van der Waals surface area contributed by atoms with Gasteiger partial charge in [0, 0.05) is 43.6 Å². The Morgan fingerprint density at radius 2 is 2.12 bits per heavy atom. The highest BCUT2D eigenvalue weighted by molar-refractivity contribution is 8.01. The van der Waals surface area contributed by atoms with Gasteiger partial charge in [-0.1, -0.05) is 29.2 Å². The first kappa shape index (κ1) is 17.3. The van der Waals surface area contributed by atoms with Crippen molar-refractivity contribution in [2.45, 2.75) is 29.8 Å². The Hall–Kier alpha value is -1.16. The van der Waals surface area contributed by atoms with E-state index in [1.807, 2.05) is 4.90 Å². The minimum atomic E-state index is 0.202. The molecule has 0 radical (unpaired) electrons. The summed E-state index contributed by atoms with van der Waals surface area (Å²) in [5.41, 5.74) is 0. The van der Waals surface area contributed by atoms with Gasteiger partial charge in [-0.2, -0.15) is 0 Å². The van der Waals surface area contributed by atoms with Crippen molar-refractivity contribution in [2.24, 2.45) is 0 Å². The van der Waals surface area contributed by atoms with E-state index in [1.165, 1.54) is 29.5 Å². The first-order chi connectivity index (χ1) is 12.3. The van der Waals surface area contributed by atoms with Gasteiger partial charge in [-0.25, -0.2) is 0 Å². The SMILES string of the molecule is O=C(CSc1nnc(NC2CC2)s1)N1CCN(Cc2cccs2)CC1. The fourth-order valence-corrected chi connectivity index (χ4v) is 5.20. The number of piperazine rings is 1. The van der Waals surface area contributed by atoms with Crippen molar-refractivity contribution in [3.8, 4) is 0 Å². The summed E-state index contributed by atoms with van der Waals surface area (Å²) in [4.78, 5) is 18.2. The average Bonchev–Trinajstić information content (AvgIpc) is 3.08. The smallest absolute Gasteiger partial charge is 0.233 e. The van der Waals surface area contributed by atoms with E-state index in [9.17, 15) is 4.79 Å². The van der Waals surface area contributed by atoms with Crippen LogP contribution in [0.3, 0.4) is 0 Å². The topological polar surface area (TPSA) is 61.4 Å². The standard InChI is InChI=1S/C16H21N5OS3/c22-14(11-24-16-19-18-15(25-16)17-12-3-4-12)21-7-5-20(6-8-21)10-13-2-1-9-23-13/h1-2,9,12H,3-8,10-11H2,(H,17,18). The molecular formula is C16H21N5OS3. The Labute approximate surface area is 159 Å². The van der Waals surface area contributed by atoms with Crippen molar-refractivity contribution in [3.63, 3.8) is 0 Å². The molecule has 1 aliphatic heterocycles. The zero-order valence-electron chi connectivity index (χ0n) is 13.9. The molecule has 3 heterocycles. The van der Waals surface area contributed by atoms with Crippen molar-refractivity contribution < 1.29 is 4.79 Å². The Balaban J connectivity index is 1.19. The number of thiophene rings is 1.